The van der Waals surface area contributed by atoms with Gasteiger partial charge in [0.05, 0.1) is 0 Å². The zero-order valence-corrected chi connectivity index (χ0v) is 12.8. The Kier molecular flexibility index (Phi) is 6.87. The lowest BCUT2D eigenvalue weighted by molar-refractivity contribution is 0.0651. The Bertz CT molecular complexity index is 469. The number of amides is 1. The van der Waals surface area contributed by atoms with Crippen molar-refractivity contribution >= 4 is 11.9 Å². The number of nitrogens with one attached hydrogen (secondary N) is 1. The summed E-state index contributed by atoms with van der Waals surface area (Å²) in [5, 5.41) is 14.9. The highest BCUT2D eigenvalue weighted by Crippen LogP contribution is 2.05. The molecule has 1 atom stereocenters. The molecule has 0 saturated carbocycles. The van der Waals surface area contributed by atoms with Crippen LogP contribution in [-0.2, 0) is 0 Å². The van der Waals surface area contributed by atoms with Gasteiger partial charge in [0, 0.05) is 12.1 Å². The number of hydrogen-bond donors (Lipinski definition) is 2. The van der Waals surface area contributed by atoms with Crippen molar-refractivity contribution in [2.45, 2.75) is 39.7 Å². The largest absolute Gasteiger partial charge is 0.475 e. The van der Waals surface area contributed by atoms with Gasteiger partial charge in [-0.3, -0.25) is 4.79 Å². The Morgan fingerprint density at radius 1 is 1.43 bits per heavy atom. The van der Waals surface area contributed by atoms with Crippen LogP contribution in [0.25, 0.3) is 0 Å². The van der Waals surface area contributed by atoms with Gasteiger partial charge in [0.1, 0.15) is 0 Å². The van der Waals surface area contributed by atoms with Crippen LogP contribution < -0.4 is 5.32 Å². The molecule has 0 radical (unpaired) electrons. The van der Waals surface area contributed by atoms with Crippen molar-refractivity contribution in [1.82, 2.24) is 15.4 Å². The van der Waals surface area contributed by atoms with Gasteiger partial charge in [0.2, 0.25) is 5.76 Å². The minimum atomic E-state index is -1.24. The number of nitrogens with zero attached hydrogens (tertiary/aromatic N) is 2. The molecule has 1 aromatic heterocycles. The van der Waals surface area contributed by atoms with E-state index in [1.165, 1.54) is 0 Å². The molecular weight excluding hydrogens is 274 g/mol. The first-order valence-electron chi connectivity index (χ1n) is 7.21. The molecule has 1 amide bonds. The summed E-state index contributed by atoms with van der Waals surface area (Å²) in [5.74, 6) is -2.00. The number of hydrogen-bond acceptors (Lipinski definition) is 5. The summed E-state index contributed by atoms with van der Waals surface area (Å²) >= 11 is 0. The molecule has 2 N–H and O–H groups in total. The van der Waals surface area contributed by atoms with Crippen LogP contribution >= 0.6 is 0 Å². The number of carbonyl (C=O) groups is 2. The Hall–Kier alpha value is -1.89. The van der Waals surface area contributed by atoms with E-state index >= 15 is 0 Å². The van der Waals surface area contributed by atoms with E-state index < -0.39 is 11.9 Å². The molecule has 21 heavy (non-hydrogen) atoms. The fraction of sp³-hybridized carbons (Fsp3) is 0.643. The predicted molar refractivity (Wildman–Crippen MR) is 77.4 cm³/mol. The molecule has 118 valence electrons. The molecule has 7 nitrogen and oxygen atoms in total. The molecule has 1 heterocycles. The van der Waals surface area contributed by atoms with Crippen molar-refractivity contribution in [3.05, 3.63) is 17.5 Å². The third-order valence-corrected chi connectivity index (χ3v) is 3.34. The van der Waals surface area contributed by atoms with Crippen LogP contribution in [0.1, 0.15) is 54.7 Å². The second-order valence-electron chi connectivity index (χ2n) is 4.93. The monoisotopic (exact) mass is 297 g/mol. The normalized spacial score (nSPS) is 12.4. The van der Waals surface area contributed by atoms with Crippen LogP contribution in [0.3, 0.4) is 0 Å². The number of carbonyl (C=O) groups excluding carboxylic acids is 1. The summed E-state index contributed by atoms with van der Waals surface area (Å²) in [4.78, 5) is 24.8. The van der Waals surface area contributed by atoms with E-state index in [1.54, 1.807) is 0 Å². The molecule has 0 aliphatic heterocycles. The summed E-state index contributed by atoms with van der Waals surface area (Å²) < 4.78 is 4.55. The molecule has 7 heteroatoms. The lowest BCUT2D eigenvalue weighted by Crippen LogP contribution is -2.33. The Morgan fingerprint density at radius 3 is 2.62 bits per heavy atom. The van der Waals surface area contributed by atoms with E-state index in [9.17, 15) is 9.59 Å². The highest BCUT2D eigenvalue weighted by atomic mass is 16.5. The first-order chi connectivity index (χ1) is 9.97. The van der Waals surface area contributed by atoms with Crippen LogP contribution in [0, 0.1) is 0 Å². The van der Waals surface area contributed by atoms with E-state index in [0.29, 0.717) is 0 Å². The van der Waals surface area contributed by atoms with Crippen molar-refractivity contribution < 1.29 is 19.2 Å². The first kappa shape index (κ1) is 17.2. The fourth-order valence-corrected chi connectivity index (χ4v) is 2.01. The predicted octanol–water partition coefficient (Wildman–Crippen LogP) is 1.61. The third-order valence-electron chi connectivity index (χ3n) is 3.34. The zero-order valence-electron chi connectivity index (χ0n) is 12.8. The molecule has 0 fully saturated rings. The molecule has 1 rings (SSSR count). The van der Waals surface area contributed by atoms with Gasteiger partial charge in [-0.05, 0) is 39.4 Å². The molecule has 0 bridgehead atoms. The van der Waals surface area contributed by atoms with Crippen molar-refractivity contribution in [3.63, 3.8) is 0 Å². The van der Waals surface area contributed by atoms with Gasteiger partial charge >= 0.3 is 5.97 Å². The molecular formula is C14H23N3O4. The van der Waals surface area contributed by atoms with E-state index in [1.807, 2.05) is 6.92 Å². The Morgan fingerprint density at radius 2 is 2.10 bits per heavy atom. The van der Waals surface area contributed by atoms with E-state index in [0.717, 1.165) is 38.5 Å². The summed E-state index contributed by atoms with van der Waals surface area (Å²) in [6.07, 6.45) is 1.84. The second kappa shape index (κ2) is 8.41. The third kappa shape index (κ3) is 5.55. The van der Waals surface area contributed by atoms with Gasteiger partial charge in [-0.25, -0.2) is 4.79 Å². The fourth-order valence-electron chi connectivity index (χ4n) is 2.01. The maximum absolute atomic E-state index is 11.9. The average Bonchev–Trinajstić information content (AvgIpc) is 2.93. The number of carboxylic acids is 1. The van der Waals surface area contributed by atoms with Crippen molar-refractivity contribution in [2.24, 2.45) is 0 Å². The van der Waals surface area contributed by atoms with Gasteiger partial charge in [-0.1, -0.05) is 19.0 Å². The molecule has 0 aliphatic carbocycles. The Balaban J connectivity index is 2.37. The van der Waals surface area contributed by atoms with Crippen LogP contribution in [0.5, 0.6) is 0 Å². The van der Waals surface area contributed by atoms with Gasteiger partial charge < -0.3 is 19.8 Å². The first-order valence-corrected chi connectivity index (χ1v) is 7.21. The summed E-state index contributed by atoms with van der Waals surface area (Å²) in [7, 11) is 0. The number of rotatable bonds is 9. The van der Waals surface area contributed by atoms with Gasteiger partial charge in [0.15, 0.2) is 5.69 Å². The maximum atomic E-state index is 11.9. The zero-order chi connectivity index (χ0) is 15.8. The van der Waals surface area contributed by atoms with E-state index in [-0.39, 0.29) is 17.5 Å². The van der Waals surface area contributed by atoms with Crippen molar-refractivity contribution in [3.8, 4) is 0 Å². The van der Waals surface area contributed by atoms with Gasteiger partial charge in [-0.15, -0.1) is 0 Å². The molecule has 0 spiro atoms. The number of carboxylic acid groups (broad SMARTS) is 1. The minimum Gasteiger partial charge on any atom is -0.475 e. The number of aromatic nitrogens is 1. The van der Waals surface area contributed by atoms with Crippen LogP contribution in [-0.4, -0.2) is 52.7 Å². The minimum absolute atomic E-state index is 0.00181. The Labute approximate surface area is 124 Å². The quantitative estimate of drug-likeness (QED) is 0.719. The number of aromatic carboxylic acids is 1. The highest BCUT2D eigenvalue weighted by Gasteiger charge is 2.17. The highest BCUT2D eigenvalue weighted by molar-refractivity contribution is 5.94. The molecule has 1 aromatic rings. The van der Waals surface area contributed by atoms with E-state index in [4.69, 9.17) is 5.11 Å². The maximum Gasteiger partial charge on any atom is 0.374 e. The van der Waals surface area contributed by atoms with Crippen LogP contribution in [0.2, 0.25) is 0 Å². The summed E-state index contributed by atoms with van der Waals surface area (Å²) in [5.41, 5.74) is -0.0111. The van der Waals surface area contributed by atoms with Gasteiger partial charge in [-0.2, -0.15) is 0 Å². The lowest BCUT2D eigenvalue weighted by Gasteiger charge is -2.19. The second-order valence-corrected chi connectivity index (χ2v) is 4.93. The smallest absolute Gasteiger partial charge is 0.374 e. The summed E-state index contributed by atoms with van der Waals surface area (Å²) in [6, 6.07) is 1.12. The van der Waals surface area contributed by atoms with Crippen LogP contribution in [0.15, 0.2) is 10.6 Å². The SMILES string of the molecule is CCN(CC)CCCC(C)NC(=O)c1cc(C(=O)O)on1. The topological polar surface area (TPSA) is 95.7 Å². The van der Waals surface area contributed by atoms with Crippen molar-refractivity contribution in [2.75, 3.05) is 19.6 Å². The lowest BCUT2D eigenvalue weighted by atomic mass is 10.1. The molecule has 0 saturated heterocycles. The van der Waals surface area contributed by atoms with Crippen molar-refractivity contribution in [1.29, 1.82) is 0 Å². The summed E-state index contributed by atoms with van der Waals surface area (Å²) in [6.45, 7) is 9.21. The molecule has 0 aliphatic rings. The van der Waals surface area contributed by atoms with E-state index in [2.05, 4.69) is 33.7 Å². The van der Waals surface area contributed by atoms with Crippen LogP contribution in [0.4, 0.5) is 0 Å². The van der Waals surface area contributed by atoms with Gasteiger partial charge in [0.25, 0.3) is 5.91 Å². The standard InChI is InChI=1S/C14H23N3O4/c1-4-17(5-2)8-6-7-10(3)15-13(18)11-9-12(14(19)20)21-16-11/h9-10H,4-8H2,1-3H3,(H,15,18)(H,19,20). The molecule has 1 unspecified atom stereocenters. The average molecular weight is 297 g/mol. The molecule has 0 aromatic carbocycles.